The number of sulfone groups is 1. The Morgan fingerprint density at radius 1 is 1.43 bits per heavy atom. The highest BCUT2D eigenvalue weighted by molar-refractivity contribution is 7.92. The lowest BCUT2D eigenvalue weighted by Gasteiger charge is -1.85. The molecule has 0 aliphatic rings. The van der Waals surface area contributed by atoms with Crippen LogP contribution in [0.25, 0.3) is 10.8 Å². The molecule has 2 aromatic rings. The Bertz CT molecular complexity index is 527. The van der Waals surface area contributed by atoms with Crippen molar-refractivity contribution < 1.29 is 12.8 Å². The zero-order chi connectivity index (χ0) is 10.2. The summed E-state index contributed by atoms with van der Waals surface area (Å²) < 4.78 is 27.2. The van der Waals surface area contributed by atoms with E-state index in [4.69, 9.17) is 4.42 Å². The van der Waals surface area contributed by atoms with E-state index in [2.05, 4.69) is 10.2 Å². The number of hydrogen-bond acceptors (Lipinski definition) is 6. The van der Waals surface area contributed by atoms with Gasteiger partial charge in [-0.3, -0.25) is 0 Å². The molecule has 0 aliphatic heterocycles. The Morgan fingerprint density at radius 2 is 2.21 bits per heavy atom. The van der Waals surface area contributed by atoms with Gasteiger partial charge in [0.15, 0.2) is 10.8 Å². The van der Waals surface area contributed by atoms with E-state index in [1.165, 1.54) is 6.26 Å². The van der Waals surface area contributed by atoms with Crippen molar-refractivity contribution in [2.45, 2.75) is 4.34 Å². The second kappa shape index (κ2) is 3.18. The largest absolute Gasteiger partial charge is 0.462 e. The standard InChI is InChI=1S/C7H6N2O3S2/c1-14(10,11)7-9-8-6(13-7)5-3-2-4-12-5/h2-4H,1H3. The van der Waals surface area contributed by atoms with Crippen LogP contribution in [0.5, 0.6) is 0 Å². The van der Waals surface area contributed by atoms with Crippen LogP contribution >= 0.6 is 11.3 Å². The molecule has 0 unspecified atom stereocenters. The van der Waals surface area contributed by atoms with Crippen LogP contribution in [0.2, 0.25) is 0 Å². The molecule has 0 saturated heterocycles. The second-order valence-electron chi connectivity index (χ2n) is 2.62. The number of nitrogens with zero attached hydrogens (tertiary/aromatic N) is 2. The van der Waals surface area contributed by atoms with Crippen LogP contribution in [0.3, 0.4) is 0 Å². The molecule has 0 fully saturated rings. The van der Waals surface area contributed by atoms with Crippen LogP contribution < -0.4 is 0 Å². The molecule has 0 N–H and O–H groups in total. The van der Waals surface area contributed by atoms with Crippen LogP contribution in [0.1, 0.15) is 0 Å². The first-order chi connectivity index (χ1) is 6.57. The maximum absolute atomic E-state index is 11.1. The lowest BCUT2D eigenvalue weighted by Crippen LogP contribution is -1.95. The van der Waals surface area contributed by atoms with E-state index in [1.54, 1.807) is 12.1 Å². The van der Waals surface area contributed by atoms with Gasteiger partial charge in [-0.2, -0.15) is 0 Å². The van der Waals surface area contributed by atoms with Gasteiger partial charge in [-0.1, -0.05) is 11.3 Å². The first kappa shape index (κ1) is 9.35. The van der Waals surface area contributed by atoms with E-state index >= 15 is 0 Å². The molecule has 0 atom stereocenters. The highest BCUT2D eigenvalue weighted by atomic mass is 32.2. The fourth-order valence-corrected chi connectivity index (χ4v) is 2.44. The van der Waals surface area contributed by atoms with Crippen molar-refractivity contribution in [2.75, 3.05) is 6.26 Å². The molecule has 0 aromatic carbocycles. The van der Waals surface area contributed by atoms with Crippen molar-refractivity contribution in [3.8, 4) is 10.8 Å². The first-order valence-corrected chi connectivity index (χ1v) is 6.35. The van der Waals surface area contributed by atoms with Crippen molar-refractivity contribution in [3.05, 3.63) is 18.4 Å². The number of aromatic nitrogens is 2. The van der Waals surface area contributed by atoms with Gasteiger partial charge < -0.3 is 4.42 Å². The molecule has 7 heteroatoms. The molecular weight excluding hydrogens is 224 g/mol. The molecule has 74 valence electrons. The molecule has 0 saturated carbocycles. The van der Waals surface area contributed by atoms with Gasteiger partial charge in [-0.25, -0.2) is 8.42 Å². The minimum atomic E-state index is -3.27. The lowest BCUT2D eigenvalue weighted by atomic mass is 10.5. The van der Waals surface area contributed by atoms with Crippen LogP contribution in [-0.2, 0) is 9.84 Å². The van der Waals surface area contributed by atoms with Gasteiger partial charge in [0.1, 0.15) is 0 Å². The molecule has 0 radical (unpaired) electrons. The van der Waals surface area contributed by atoms with E-state index in [0.29, 0.717) is 10.8 Å². The molecular formula is C7H6N2O3S2. The first-order valence-electron chi connectivity index (χ1n) is 3.65. The van der Waals surface area contributed by atoms with Crippen molar-refractivity contribution in [1.29, 1.82) is 0 Å². The summed E-state index contributed by atoms with van der Waals surface area (Å²) in [6.07, 6.45) is 2.59. The molecule has 2 heterocycles. The zero-order valence-electron chi connectivity index (χ0n) is 7.17. The summed E-state index contributed by atoms with van der Waals surface area (Å²) in [4.78, 5) is 0. The Hall–Kier alpha value is -1.21. The van der Waals surface area contributed by atoms with Crippen molar-refractivity contribution >= 4 is 21.2 Å². The Balaban J connectivity index is 2.46. The van der Waals surface area contributed by atoms with Crippen molar-refractivity contribution in [1.82, 2.24) is 10.2 Å². The third kappa shape index (κ3) is 1.68. The molecule has 0 bridgehead atoms. The summed E-state index contributed by atoms with van der Waals surface area (Å²) in [6.45, 7) is 0. The topological polar surface area (TPSA) is 73.1 Å². The summed E-state index contributed by atoms with van der Waals surface area (Å²) in [7, 11) is -3.27. The molecule has 0 amide bonds. The Kier molecular flexibility index (Phi) is 2.12. The molecule has 5 nitrogen and oxygen atoms in total. The average molecular weight is 230 g/mol. The smallest absolute Gasteiger partial charge is 0.232 e. The fourth-order valence-electron chi connectivity index (χ4n) is 0.859. The lowest BCUT2D eigenvalue weighted by molar-refractivity contribution is 0.580. The van der Waals surface area contributed by atoms with Crippen LogP contribution in [0.4, 0.5) is 0 Å². The molecule has 14 heavy (non-hydrogen) atoms. The quantitative estimate of drug-likeness (QED) is 0.775. The van der Waals surface area contributed by atoms with Gasteiger partial charge >= 0.3 is 0 Å². The van der Waals surface area contributed by atoms with Crippen molar-refractivity contribution in [2.24, 2.45) is 0 Å². The summed E-state index contributed by atoms with van der Waals surface area (Å²) in [6, 6.07) is 3.41. The average Bonchev–Trinajstić information content (AvgIpc) is 2.73. The molecule has 0 aliphatic carbocycles. The van der Waals surface area contributed by atoms with Crippen molar-refractivity contribution in [3.63, 3.8) is 0 Å². The van der Waals surface area contributed by atoms with Crippen LogP contribution in [0.15, 0.2) is 27.2 Å². The predicted octanol–water partition coefficient (Wildman–Crippen LogP) is 1.20. The number of hydrogen-bond donors (Lipinski definition) is 0. The van der Waals surface area contributed by atoms with Gasteiger partial charge in [-0.05, 0) is 12.1 Å². The molecule has 0 spiro atoms. The fraction of sp³-hybridized carbons (Fsp3) is 0.143. The van der Waals surface area contributed by atoms with Crippen LogP contribution in [-0.4, -0.2) is 24.9 Å². The van der Waals surface area contributed by atoms with E-state index in [-0.39, 0.29) is 4.34 Å². The zero-order valence-corrected chi connectivity index (χ0v) is 8.80. The van der Waals surface area contributed by atoms with E-state index < -0.39 is 9.84 Å². The maximum Gasteiger partial charge on any atom is 0.232 e. The van der Waals surface area contributed by atoms with Gasteiger partial charge in [0.25, 0.3) is 0 Å². The van der Waals surface area contributed by atoms with Crippen LogP contribution in [0, 0.1) is 0 Å². The third-order valence-corrected chi connectivity index (χ3v) is 4.06. The normalized spacial score (nSPS) is 11.8. The minimum absolute atomic E-state index is 0.00361. The predicted molar refractivity (Wildman–Crippen MR) is 50.7 cm³/mol. The Labute approximate surface area is 84.3 Å². The Morgan fingerprint density at radius 3 is 2.71 bits per heavy atom. The monoisotopic (exact) mass is 230 g/mol. The summed E-state index contributed by atoms with van der Waals surface area (Å²) >= 11 is 0.994. The maximum atomic E-state index is 11.1. The summed E-state index contributed by atoms with van der Waals surface area (Å²) in [5, 5.41) is 7.75. The van der Waals surface area contributed by atoms with Gasteiger partial charge in [0.05, 0.1) is 6.26 Å². The molecule has 2 rings (SSSR count). The van der Waals surface area contributed by atoms with Gasteiger partial charge in [-0.15, -0.1) is 10.2 Å². The van der Waals surface area contributed by atoms with Gasteiger partial charge in [0.2, 0.25) is 14.2 Å². The summed E-state index contributed by atoms with van der Waals surface area (Å²) in [5.74, 6) is 0.525. The van der Waals surface area contributed by atoms with E-state index in [1.807, 2.05) is 0 Å². The van der Waals surface area contributed by atoms with E-state index in [0.717, 1.165) is 17.6 Å². The number of furan rings is 1. The highest BCUT2D eigenvalue weighted by Gasteiger charge is 2.16. The highest BCUT2D eigenvalue weighted by Crippen LogP contribution is 2.25. The minimum Gasteiger partial charge on any atom is -0.462 e. The van der Waals surface area contributed by atoms with E-state index in [9.17, 15) is 8.42 Å². The summed E-state index contributed by atoms with van der Waals surface area (Å²) in [5.41, 5.74) is 0. The molecule has 2 aromatic heterocycles. The SMILES string of the molecule is CS(=O)(=O)c1nnc(-c2ccco2)s1. The second-order valence-corrected chi connectivity index (χ2v) is 5.79. The van der Waals surface area contributed by atoms with Gasteiger partial charge in [0, 0.05) is 6.26 Å². The number of rotatable bonds is 2. The third-order valence-electron chi connectivity index (χ3n) is 1.46.